The highest BCUT2D eigenvalue weighted by Gasteiger charge is 2.28. The zero-order valence-electron chi connectivity index (χ0n) is 11.3. The highest BCUT2D eigenvalue weighted by atomic mass is 32.1. The molecule has 22 heavy (non-hydrogen) atoms. The average Bonchev–Trinajstić information content (AvgIpc) is 2.98. The summed E-state index contributed by atoms with van der Waals surface area (Å²) < 4.78 is 53.1. The largest absolute Gasteiger partial charge is 0.383 e. The first-order valence-corrected chi connectivity index (χ1v) is 6.99. The van der Waals surface area contributed by atoms with Crippen molar-refractivity contribution >= 4 is 17.2 Å². The van der Waals surface area contributed by atoms with Gasteiger partial charge in [-0.2, -0.15) is 0 Å². The fraction of sp³-hybridized carbons (Fsp3) is 0.214. The lowest BCUT2D eigenvalue weighted by atomic mass is 10.0. The van der Waals surface area contributed by atoms with Crippen molar-refractivity contribution in [1.82, 2.24) is 5.32 Å². The number of carbonyl (C=O) groups is 1. The van der Waals surface area contributed by atoms with E-state index in [4.69, 9.17) is 0 Å². The Morgan fingerprint density at radius 3 is 2.36 bits per heavy atom. The molecule has 0 aliphatic rings. The van der Waals surface area contributed by atoms with Crippen LogP contribution in [-0.2, 0) is 5.60 Å². The minimum Gasteiger partial charge on any atom is -0.383 e. The summed E-state index contributed by atoms with van der Waals surface area (Å²) in [5, 5.41) is 13.9. The molecule has 0 fully saturated rings. The van der Waals surface area contributed by atoms with E-state index in [0.717, 1.165) is 0 Å². The van der Waals surface area contributed by atoms with Crippen LogP contribution in [0.2, 0.25) is 0 Å². The Balaban J connectivity index is 2.21. The maximum Gasteiger partial charge on any atom is 0.257 e. The molecular weight excluding hydrogens is 322 g/mol. The molecule has 1 heterocycles. The van der Waals surface area contributed by atoms with Crippen LogP contribution in [0.25, 0.3) is 0 Å². The summed E-state index contributed by atoms with van der Waals surface area (Å²) in [7, 11) is 0. The summed E-state index contributed by atoms with van der Waals surface area (Å²) in [6.45, 7) is 1.00. The molecule has 118 valence electrons. The standard InChI is InChI=1S/C14H11F4NO2S/c1-14(21,9-3-2-4-22-9)6-19-13(20)10-11(17)7(15)5-8(16)12(10)18/h2-5,21H,6H2,1H3,(H,19,20). The molecule has 8 heteroatoms. The molecule has 3 nitrogen and oxygen atoms in total. The smallest absolute Gasteiger partial charge is 0.257 e. The SMILES string of the molecule is CC(O)(CNC(=O)c1c(F)c(F)cc(F)c1F)c1cccs1. The lowest BCUT2D eigenvalue weighted by Gasteiger charge is -2.22. The van der Waals surface area contributed by atoms with E-state index < -0.39 is 40.3 Å². The number of amides is 1. The van der Waals surface area contributed by atoms with Crippen molar-refractivity contribution in [3.8, 4) is 0 Å². The first kappa shape index (κ1) is 16.4. The van der Waals surface area contributed by atoms with Crippen LogP contribution >= 0.6 is 11.3 Å². The van der Waals surface area contributed by atoms with Crippen LogP contribution in [0.15, 0.2) is 23.6 Å². The van der Waals surface area contributed by atoms with Gasteiger partial charge < -0.3 is 10.4 Å². The number of carbonyl (C=O) groups excluding carboxylic acids is 1. The summed E-state index contributed by atoms with van der Waals surface area (Å²) in [5.41, 5.74) is -2.85. The Morgan fingerprint density at radius 1 is 1.27 bits per heavy atom. The minimum atomic E-state index is -1.79. The molecule has 2 N–H and O–H groups in total. The normalized spacial score (nSPS) is 13.7. The van der Waals surface area contributed by atoms with Gasteiger partial charge in [0.25, 0.3) is 5.91 Å². The summed E-state index contributed by atoms with van der Waals surface area (Å²) in [5.74, 6) is -8.27. The van der Waals surface area contributed by atoms with Crippen molar-refractivity contribution in [3.63, 3.8) is 0 Å². The molecule has 1 unspecified atom stereocenters. The van der Waals surface area contributed by atoms with E-state index in [1.54, 1.807) is 17.5 Å². The molecule has 1 aromatic carbocycles. The van der Waals surface area contributed by atoms with Crippen LogP contribution in [0.5, 0.6) is 0 Å². The number of hydrogen-bond acceptors (Lipinski definition) is 3. The minimum absolute atomic E-state index is 0.0171. The van der Waals surface area contributed by atoms with Crippen LogP contribution in [0.3, 0.4) is 0 Å². The summed E-state index contributed by atoms with van der Waals surface area (Å²) in [6, 6.07) is 3.31. The van der Waals surface area contributed by atoms with Gasteiger partial charge in [0.05, 0.1) is 6.54 Å². The van der Waals surface area contributed by atoms with Gasteiger partial charge in [-0.15, -0.1) is 11.3 Å². The number of nitrogens with one attached hydrogen (secondary N) is 1. The summed E-state index contributed by atoms with van der Waals surface area (Å²) in [4.78, 5) is 12.3. The summed E-state index contributed by atoms with van der Waals surface area (Å²) in [6.07, 6.45) is 0. The van der Waals surface area contributed by atoms with Crippen molar-refractivity contribution in [3.05, 3.63) is 57.3 Å². The maximum atomic E-state index is 13.5. The molecule has 0 spiro atoms. The highest BCUT2D eigenvalue weighted by molar-refractivity contribution is 7.10. The molecular formula is C14H11F4NO2S. The predicted molar refractivity (Wildman–Crippen MR) is 72.5 cm³/mol. The Labute approximate surface area is 127 Å². The second-order valence-electron chi connectivity index (χ2n) is 4.78. The van der Waals surface area contributed by atoms with Gasteiger partial charge in [0.2, 0.25) is 0 Å². The van der Waals surface area contributed by atoms with E-state index >= 15 is 0 Å². The van der Waals surface area contributed by atoms with Gasteiger partial charge in [-0.05, 0) is 18.4 Å². The zero-order chi connectivity index (χ0) is 16.5. The van der Waals surface area contributed by atoms with Crippen molar-refractivity contribution in [2.75, 3.05) is 6.54 Å². The zero-order valence-corrected chi connectivity index (χ0v) is 12.1. The molecule has 1 aromatic heterocycles. The number of benzene rings is 1. The Morgan fingerprint density at radius 2 is 1.86 bits per heavy atom. The topological polar surface area (TPSA) is 49.3 Å². The molecule has 0 saturated carbocycles. The molecule has 2 rings (SSSR count). The highest BCUT2D eigenvalue weighted by Crippen LogP contribution is 2.25. The van der Waals surface area contributed by atoms with Crippen LogP contribution in [-0.4, -0.2) is 17.6 Å². The van der Waals surface area contributed by atoms with Gasteiger partial charge >= 0.3 is 0 Å². The van der Waals surface area contributed by atoms with Crippen molar-refractivity contribution < 1.29 is 27.5 Å². The molecule has 0 radical (unpaired) electrons. The van der Waals surface area contributed by atoms with Gasteiger partial charge in [-0.1, -0.05) is 6.07 Å². The first-order chi connectivity index (χ1) is 10.2. The van der Waals surface area contributed by atoms with E-state index in [2.05, 4.69) is 5.32 Å². The lowest BCUT2D eigenvalue weighted by Crippen LogP contribution is -2.38. The number of thiophene rings is 1. The van der Waals surface area contributed by atoms with Crippen molar-refractivity contribution in [2.45, 2.75) is 12.5 Å². The second-order valence-corrected chi connectivity index (χ2v) is 5.72. The van der Waals surface area contributed by atoms with Crippen molar-refractivity contribution in [2.24, 2.45) is 0 Å². The quantitative estimate of drug-likeness (QED) is 0.668. The van der Waals surface area contributed by atoms with Crippen LogP contribution in [0.1, 0.15) is 22.2 Å². The fourth-order valence-electron chi connectivity index (χ4n) is 1.79. The Bertz CT molecular complexity index is 675. The van der Waals surface area contributed by atoms with Crippen LogP contribution in [0.4, 0.5) is 17.6 Å². The van der Waals surface area contributed by atoms with E-state index in [1.807, 2.05) is 0 Å². The third kappa shape index (κ3) is 3.12. The van der Waals surface area contributed by atoms with Crippen LogP contribution < -0.4 is 5.32 Å². The number of aliphatic hydroxyl groups is 1. The van der Waals surface area contributed by atoms with E-state index in [1.165, 1.54) is 18.3 Å². The van der Waals surface area contributed by atoms with Gasteiger partial charge in [-0.25, -0.2) is 17.6 Å². The monoisotopic (exact) mass is 333 g/mol. The molecule has 1 amide bonds. The molecule has 0 bridgehead atoms. The number of halogens is 4. The third-order valence-corrected chi connectivity index (χ3v) is 4.11. The Kier molecular flexibility index (Phi) is 4.52. The summed E-state index contributed by atoms with van der Waals surface area (Å²) >= 11 is 1.22. The Hall–Kier alpha value is -1.93. The van der Waals surface area contributed by atoms with Gasteiger partial charge in [0.1, 0.15) is 11.2 Å². The molecule has 0 aliphatic heterocycles. The lowest BCUT2D eigenvalue weighted by molar-refractivity contribution is 0.0553. The molecule has 0 saturated heterocycles. The molecule has 0 aliphatic carbocycles. The van der Waals surface area contributed by atoms with Gasteiger partial charge in [0.15, 0.2) is 23.3 Å². The average molecular weight is 333 g/mol. The van der Waals surface area contributed by atoms with E-state index in [-0.39, 0.29) is 12.6 Å². The van der Waals surface area contributed by atoms with E-state index in [0.29, 0.717) is 4.88 Å². The first-order valence-electron chi connectivity index (χ1n) is 6.11. The number of rotatable bonds is 4. The van der Waals surface area contributed by atoms with Crippen molar-refractivity contribution in [1.29, 1.82) is 0 Å². The van der Waals surface area contributed by atoms with Gasteiger partial charge in [-0.3, -0.25) is 4.79 Å². The molecule has 1 atom stereocenters. The fourth-order valence-corrected chi connectivity index (χ4v) is 2.57. The third-order valence-electron chi connectivity index (χ3n) is 2.98. The van der Waals surface area contributed by atoms with Gasteiger partial charge in [0, 0.05) is 10.9 Å². The van der Waals surface area contributed by atoms with E-state index in [9.17, 15) is 27.5 Å². The second kappa shape index (κ2) is 6.05. The molecule has 2 aromatic rings. The maximum absolute atomic E-state index is 13.5. The van der Waals surface area contributed by atoms with Crippen LogP contribution in [0, 0.1) is 23.3 Å². The predicted octanol–water partition coefficient (Wildman–Crippen LogP) is 2.94. The number of hydrogen-bond donors (Lipinski definition) is 2.